The van der Waals surface area contributed by atoms with Crippen molar-refractivity contribution < 1.29 is 5.11 Å². The van der Waals surface area contributed by atoms with E-state index in [0.29, 0.717) is 9.49 Å². The molecule has 2 aliphatic rings. The second-order valence-corrected chi connectivity index (χ2v) is 11.5. The molecular weight excluding hydrogens is 348 g/mol. The molecule has 0 radical (unpaired) electrons. The summed E-state index contributed by atoms with van der Waals surface area (Å²) in [6.07, 6.45) is 13.9. The maximum absolute atomic E-state index is 9.29. The van der Waals surface area contributed by atoms with Gasteiger partial charge in [0, 0.05) is 29.1 Å². The van der Waals surface area contributed by atoms with E-state index in [1.54, 1.807) is 0 Å². The number of aliphatic hydroxyl groups is 1. The van der Waals surface area contributed by atoms with Gasteiger partial charge in [-0.1, -0.05) is 67.0 Å². The van der Waals surface area contributed by atoms with Crippen LogP contribution in [0.2, 0.25) is 0 Å². The van der Waals surface area contributed by atoms with Crippen LogP contribution >= 0.6 is 21.6 Å². The molecule has 148 valence electrons. The third kappa shape index (κ3) is 6.91. The minimum absolute atomic E-state index is 0.273. The summed E-state index contributed by atoms with van der Waals surface area (Å²) in [5, 5.41) is 9.29. The molecule has 0 amide bonds. The molecule has 0 atom stereocenters. The average Bonchev–Trinajstić information content (AvgIpc) is 2.62. The van der Waals surface area contributed by atoms with Crippen molar-refractivity contribution in [1.82, 2.24) is 9.80 Å². The molecule has 0 spiro atoms. The first-order valence-electron chi connectivity index (χ1n) is 10.4. The van der Waals surface area contributed by atoms with Crippen molar-refractivity contribution in [2.24, 2.45) is 0 Å². The van der Waals surface area contributed by atoms with Gasteiger partial charge in [-0.05, 0) is 46.3 Å². The van der Waals surface area contributed by atoms with E-state index in [1.807, 2.05) is 0 Å². The summed E-state index contributed by atoms with van der Waals surface area (Å²) in [5.41, 5.74) is 0. The highest BCUT2D eigenvalue weighted by Crippen LogP contribution is 2.54. The maximum Gasteiger partial charge on any atom is 0.0558 e. The van der Waals surface area contributed by atoms with Crippen molar-refractivity contribution in [2.45, 2.75) is 80.6 Å². The van der Waals surface area contributed by atoms with Gasteiger partial charge in [-0.15, -0.1) is 0 Å². The number of hydrogen-bond donors (Lipinski definition) is 1. The fourth-order valence-corrected chi connectivity index (χ4v) is 8.64. The fraction of sp³-hybridized carbons (Fsp3) is 1.00. The zero-order valence-corrected chi connectivity index (χ0v) is 18.4. The summed E-state index contributed by atoms with van der Waals surface area (Å²) in [5.74, 6) is 0. The molecule has 3 nitrogen and oxygen atoms in total. The van der Waals surface area contributed by atoms with E-state index >= 15 is 0 Å². The van der Waals surface area contributed by atoms with E-state index in [9.17, 15) is 5.11 Å². The Kier molecular flexibility index (Phi) is 9.45. The Hall–Kier alpha value is 0.580. The SMILES string of the molecule is CCN(C)CC1(SSC2(CN(C)CCO)CCCCC2)CCCCC1. The van der Waals surface area contributed by atoms with E-state index in [0.717, 1.165) is 19.6 Å². The van der Waals surface area contributed by atoms with Gasteiger partial charge in [0.25, 0.3) is 0 Å². The minimum atomic E-state index is 0.273. The Morgan fingerprint density at radius 1 is 0.760 bits per heavy atom. The van der Waals surface area contributed by atoms with Crippen molar-refractivity contribution in [3.63, 3.8) is 0 Å². The molecule has 0 unspecified atom stereocenters. The van der Waals surface area contributed by atoms with Gasteiger partial charge in [0.2, 0.25) is 0 Å². The third-order valence-corrected chi connectivity index (χ3v) is 10.3. The highest BCUT2D eigenvalue weighted by molar-refractivity contribution is 8.77. The smallest absolute Gasteiger partial charge is 0.0558 e. The number of rotatable bonds is 10. The standard InChI is InChI=1S/C20H40N2OS2/c1-4-21(2)17-19(11-7-5-8-12-19)24-25-20(13-9-6-10-14-20)18-22(3)15-16-23/h23H,4-18H2,1-3H3. The molecule has 25 heavy (non-hydrogen) atoms. The van der Waals surface area contributed by atoms with E-state index in [4.69, 9.17) is 0 Å². The lowest BCUT2D eigenvalue weighted by molar-refractivity contribution is 0.198. The first-order valence-corrected chi connectivity index (χ1v) is 12.5. The first-order chi connectivity index (χ1) is 12.0. The van der Waals surface area contributed by atoms with E-state index < -0.39 is 0 Å². The summed E-state index contributed by atoms with van der Waals surface area (Å²) in [6.45, 7) is 6.87. The molecule has 0 saturated heterocycles. The van der Waals surface area contributed by atoms with Crippen LogP contribution in [0.1, 0.15) is 71.1 Å². The Balaban J connectivity index is 2.02. The number of aliphatic hydroxyl groups excluding tert-OH is 1. The topological polar surface area (TPSA) is 26.7 Å². The van der Waals surface area contributed by atoms with Crippen LogP contribution in [0.3, 0.4) is 0 Å². The highest BCUT2D eigenvalue weighted by Gasteiger charge is 2.40. The Morgan fingerprint density at radius 2 is 1.20 bits per heavy atom. The molecule has 0 aromatic heterocycles. The van der Waals surface area contributed by atoms with Gasteiger partial charge in [-0.2, -0.15) is 0 Å². The van der Waals surface area contributed by atoms with Crippen molar-refractivity contribution >= 4 is 21.6 Å². The van der Waals surface area contributed by atoms with Gasteiger partial charge >= 0.3 is 0 Å². The van der Waals surface area contributed by atoms with Crippen LogP contribution in [0, 0.1) is 0 Å². The van der Waals surface area contributed by atoms with Crippen LogP contribution in [0.5, 0.6) is 0 Å². The molecule has 2 aliphatic carbocycles. The molecule has 0 aromatic carbocycles. The van der Waals surface area contributed by atoms with Gasteiger partial charge in [-0.3, -0.25) is 0 Å². The largest absolute Gasteiger partial charge is 0.395 e. The zero-order valence-electron chi connectivity index (χ0n) is 16.8. The molecule has 2 fully saturated rings. The number of hydrogen-bond acceptors (Lipinski definition) is 5. The fourth-order valence-electron chi connectivity index (χ4n) is 4.45. The molecule has 5 heteroatoms. The van der Waals surface area contributed by atoms with Crippen molar-refractivity contribution in [1.29, 1.82) is 0 Å². The van der Waals surface area contributed by atoms with Crippen molar-refractivity contribution in [3.05, 3.63) is 0 Å². The lowest BCUT2D eigenvalue weighted by Crippen LogP contribution is -2.43. The minimum Gasteiger partial charge on any atom is -0.395 e. The van der Waals surface area contributed by atoms with E-state index in [1.165, 1.54) is 70.8 Å². The van der Waals surface area contributed by atoms with Crippen LogP contribution in [0.25, 0.3) is 0 Å². The quantitative estimate of drug-likeness (QED) is 0.550. The predicted octanol–water partition coefficient (Wildman–Crippen LogP) is 4.65. The lowest BCUT2D eigenvalue weighted by Gasteiger charge is -2.44. The van der Waals surface area contributed by atoms with Crippen LogP contribution in [0.15, 0.2) is 0 Å². The third-order valence-electron chi connectivity index (χ3n) is 6.06. The summed E-state index contributed by atoms with van der Waals surface area (Å²) in [6, 6.07) is 0. The van der Waals surface area contributed by atoms with Gasteiger partial charge in [0.1, 0.15) is 0 Å². The molecule has 0 aromatic rings. The molecule has 2 saturated carbocycles. The number of nitrogens with zero attached hydrogens (tertiary/aromatic N) is 2. The lowest BCUT2D eigenvalue weighted by atomic mass is 9.88. The van der Waals surface area contributed by atoms with Crippen LogP contribution in [-0.2, 0) is 0 Å². The van der Waals surface area contributed by atoms with E-state index in [-0.39, 0.29) is 6.61 Å². The summed E-state index contributed by atoms with van der Waals surface area (Å²) < 4.78 is 0.843. The second-order valence-electron chi connectivity index (χ2n) is 8.45. The molecule has 2 rings (SSSR count). The zero-order chi connectivity index (χ0) is 18.2. The Labute approximate surface area is 164 Å². The highest BCUT2D eigenvalue weighted by atomic mass is 33.1. The van der Waals surface area contributed by atoms with Gasteiger partial charge in [-0.25, -0.2) is 0 Å². The van der Waals surface area contributed by atoms with E-state index in [2.05, 4.69) is 52.4 Å². The van der Waals surface area contributed by atoms with Crippen LogP contribution < -0.4 is 0 Å². The van der Waals surface area contributed by atoms with Crippen LogP contribution in [0.4, 0.5) is 0 Å². The monoisotopic (exact) mass is 388 g/mol. The van der Waals surface area contributed by atoms with Gasteiger partial charge in [0.05, 0.1) is 6.61 Å². The Bertz CT molecular complexity index is 369. The van der Waals surface area contributed by atoms with Gasteiger partial charge < -0.3 is 14.9 Å². The van der Waals surface area contributed by atoms with Crippen molar-refractivity contribution in [3.8, 4) is 0 Å². The molecular formula is C20H40N2OS2. The first kappa shape index (κ1) is 21.9. The van der Waals surface area contributed by atoms with Crippen LogP contribution in [-0.4, -0.2) is 71.3 Å². The predicted molar refractivity (Wildman–Crippen MR) is 115 cm³/mol. The second kappa shape index (κ2) is 10.8. The maximum atomic E-state index is 9.29. The molecule has 1 N–H and O–H groups in total. The summed E-state index contributed by atoms with van der Waals surface area (Å²) in [4.78, 5) is 4.87. The average molecular weight is 389 g/mol. The van der Waals surface area contributed by atoms with Crippen molar-refractivity contribution in [2.75, 3.05) is 46.9 Å². The number of likely N-dealkylation sites (N-methyl/N-ethyl adjacent to an activating group) is 1. The summed E-state index contributed by atoms with van der Waals surface area (Å²) in [7, 11) is 8.93. The van der Waals surface area contributed by atoms with Gasteiger partial charge in [0.15, 0.2) is 0 Å². The molecule has 0 aliphatic heterocycles. The molecule has 0 heterocycles. The summed E-state index contributed by atoms with van der Waals surface area (Å²) >= 11 is 0. The Morgan fingerprint density at radius 3 is 1.60 bits per heavy atom. The molecule has 0 bridgehead atoms. The normalized spacial score (nSPS) is 23.3.